The van der Waals surface area contributed by atoms with Crippen LogP contribution in [0.3, 0.4) is 0 Å². The Kier molecular flexibility index (Phi) is 8.86. The van der Waals surface area contributed by atoms with E-state index in [4.69, 9.17) is 30.4 Å². The van der Waals surface area contributed by atoms with Crippen LogP contribution in [0.2, 0.25) is 0 Å². The summed E-state index contributed by atoms with van der Waals surface area (Å²) < 4.78 is 20.4. The van der Waals surface area contributed by atoms with Gasteiger partial charge in [-0.25, -0.2) is 0 Å². The Morgan fingerprint density at radius 2 is 0.750 bits per heavy atom. The van der Waals surface area contributed by atoms with Gasteiger partial charge in [-0.2, -0.15) is 0 Å². The van der Waals surface area contributed by atoms with Crippen molar-refractivity contribution in [3.8, 4) is 23.0 Å². The van der Waals surface area contributed by atoms with Crippen molar-refractivity contribution in [1.29, 1.82) is 0 Å². The third-order valence-electron chi connectivity index (χ3n) is 4.46. The van der Waals surface area contributed by atoms with Gasteiger partial charge < -0.3 is 30.4 Å². The first-order valence-electron chi connectivity index (χ1n) is 10.5. The smallest absolute Gasteiger partial charge is 0.308 e. The fraction of sp³-hybridized carbons (Fsp3) is 0.250. The van der Waals surface area contributed by atoms with Crippen molar-refractivity contribution < 1.29 is 47.7 Å². The van der Waals surface area contributed by atoms with Crippen LogP contribution in [-0.2, 0) is 32.0 Å². The summed E-state index contributed by atoms with van der Waals surface area (Å²) in [6.45, 7) is 4.49. The van der Waals surface area contributed by atoms with Gasteiger partial charge in [-0.3, -0.25) is 28.8 Å². The lowest BCUT2D eigenvalue weighted by atomic mass is 9.99. The Hall–Kier alpha value is -4.74. The Morgan fingerprint density at radius 3 is 0.917 bits per heavy atom. The van der Waals surface area contributed by atoms with Crippen molar-refractivity contribution in [2.24, 2.45) is 11.5 Å². The highest BCUT2D eigenvalue weighted by atomic mass is 16.6. The van der Waals surface area contributed by atoms with Crippen LogP contribution >= 0.6 is 0 Å². The average Bonchev–Trinajstić information content (AvgIpc) is 2.69. The molecule has 12 heteroatoms. The Labute approximate surface area is 205 Å². The maximum atomic E-state index is 12.0. The molecular formula is C24H24N2O10. The summed E-state index contributed by atoms with van der Waals surface area (Å²) in [6, 6.07) is 5.52. The predicted octanol–water partition coefficient (Wildman–Crippen LogP) is 1.37. The molecule has 0 heterocycles. The van der Waals surface area contributed by atoms with E-state index < -0.39 is 35.7 Å². The molecular weight excluding hydrogens is 476 g/mol. The minimum Gasteiger partial charge on any atom is -0.426 e. The van der Waals surface area contributed by atoms with E-state index >= 15 is 0 Å². The molecule has 36 heavy (non-hydrogen) atoms. The van der Waals surface area contributed by atoms with Gasteiger partial charge >= 0.3 is 23.9 Å². The molecule has 0 spiro atoms. The molecule has 0 aliphatic carbocycles. The molecule has 0 saturated carbocycles. The molecule has 0 radical (unpaired) electrons. The van der Waals surface area contributed by atoms with E-state index in [9.17, 15) is 28.8 Å². The average molecular weight is 500 g/mol. The van der Waals surface area contributed by atoms with Crippen molar-refractivity contribution in [3.05, 3.63) is 46.5 Å². The third kappa shape index (κ3) is 7.38. The maximum absolute atomic E-state index is 12.0. The Bertz CT molecular complexity index is 1090. The summed E-state index contributed by atoms with van der Waals surface area (Å²) in [5.41, 5.74) is 11.1. The van der Waals surface area contributed by atoms with Crippen LogP contribution < -0.4 is 30.4 Å². The summed E-state index contributed by atoms with van der Waals surface area (Å²) in [5, 5.41) is 0. The van der Waals surface area contributed by atoms with Crippen molar-refractivity contribution in [1.82, 2.24) is 0 Å². The summed E-state index contributed by atoms with van der Waals surface area (Å²) >= 11 is 0. The van der Waals surface area contributed by atoms with Crippen molar-refractivity contribution in [2.75, 3.05) is 0 Å². The van der Waals surface area contributed by atoms with E-state index in [1.165, 1.54) is 24.3 Å². The molecule has 0 aliphatic heterocycles. The van der Waals surface area contributed by atoms with Crippen LogP contribution in [0.1, 0.15) is 59.5 Å². The monoisotopic (exact) mass is 500 g/mol. The molecule has 0 unspecified atom stereocenters. The first kappa shape index (κ1) is 27.5. The minimum atomic E-state index is -0.979. The molecule has 2 aromatic carbocycles. The number of aryl methyl sites for hydroxylation is 2. The minimum absolute atomic E-state index is 0.200. The highest BCUT2D eigenvalue weighted by Crippen LogP contribution is 2.34. The Morgan fingerprint density at radius 1 is 0.528 bits per heavy atom. The van der Waals surface area contributed by atoms with Crippen LogP contribution in [0.15, 0.2) is 24.3 Å². The topological polar surface area (TPSA) is 191 Å². The highest BCUT2D eigenvalue weighted by Gasteiger charge is 2.23. The maximum Gasteiger partial charge on any atom is 0.308 e. The number of ether oxygens (including phenoxy) is 4. The number of carbonyl (C=O) groups is 6. The standard InChI is InChI=1S/C24H24N2O10/c1-11(27)33-17-7-15(8-18(34-12(2)28)21(17)23(25)31)5-6-16-9-19(35-13(3)29)22(24(26)32)20(10-16)36-14(4)30/h7-10H,5-6H2,1-4H3,(H2,25,31)(H2,26,32). The molecule has 0 aromatic heterocycles. The number of nitrogens with two attached hydrogens (primary N) is 2. The van der Waals surface area contributed by atoms with Gasteiger partial charge in [0.15, 0.2) is 0 Å². The number of hydrogen-bond acceptors (Lipinski definition) is 10. The van der Waals surface area contributed by atoms with Gasteiger partial charge in [-0.15, -0.1) is 0 Å². The molecule has 2 amide bonds. The van der Waals surface area contributed by atoms with Gasteiger partial charge in [0, 0.05) is 27.7 Å². The van der Waals surface area contributed by atoms with Gasteiger partial charge in [-0.05, 0) is 48.2 Å². The van der Waals surface area contributed by atoms with Crippen LogP contribution in [0.4, 0.5) is 0 Å². The largest absolute Gasteiger partial charge is 0.426 e. The number of hydrogen-bond donors (Lipinski definition) is 2. The molecule has 4 N–H and O–H groups in total. The highest BCUT2D eigenvalue weighted by molar-refractivity contribution is 6.00. The van der Waals surface area contributed by atoms with Gasteiger partial charge in [0.1, 0.15) is 34.1 Å². The zero-order valence-corrected chi connectivity index (χ0v) is 20.0. The fourth-order valence-corrected chi connectivity index (χ4v) is 3.29. The van der Waals surface area contributed by atoms with Gasteiger partial charge in [0.25, 0.3) is 11.8 Å². The van der Waals surface area contributed by atoms with E-state index in [-0.39, 0.29) is 47.0 Å². The lowest BCUT2D eigenvalue weighted by Crippen LogP contribution is -2.18. The quantitative estimate of drug-likeness (QED) is 0.375. The van der Waals surface area contributed by atoms with Crippen molar-refractivity contribution in [3.63, 3.8) is 0 Å². The van der Waals surface area contributed by atoms with E-state index in [1.807, 2.05) is 0 Å². The zero-order chi connectivity index (χ0) is 27.2. The van der Waals surface area contributed by atoms with E-state index in [1.54, 1.807) is 0 Å². The predicted molar refractivity (Wildman–Crippen MR) is 123 cm³/mol. The van der Waals surface area contributed by atoms with Gasteiger partial charge in [0.2, 0.25) is 0 Å². The number of esters is 4. The van der Waals surface area contributed by atoms with E-state index in [2.05, 4.69) is 0 Å². The molecule has 2 rings (SSSR count). The first-order valence-corrected chi connectivity index (χ1v) is 10.5. The second kappa shape index (κ2) is 11.6. The molecule has 0 fully saturated rings. The molecule has 190 valence electrons. The number of rotatable bonds is 9. The lowest BCUT2D eigenvalue weighted by molar-refractivity contribution is -0.133. The van der Waals surface area contributed by atoms with E-state index in [0.29, 0.717) is 11.1 Å². The fourth-order valence-electron chi connectivity index (χ4n) is 3.29. The summed E-state index contributed by atoms with van der Waals surface area (Å²) in [4.78, 5) is 70.1. The van der Waals surface area contributed by atoms with Crippen LogP contribution in [0.5, 0.6) is 23.0 Å². The number of amides is 2. The zero-order valence-electron chi connectivity index (χ0n) is 20.0. The van der Waals surface area contributed by atoms with Gasteiger partial charge in [-0.1, -0.05) is 0 Å². The van der Waals surface area contributed by atoms with Crippen molar-refractivity contribution >= 4 is 35.7 Å². The Balaban J connectivity index is 2.55. The number of primary amides is 2. The molecule has 12 nitrogen and oxygen atoms in total. The second-order valence-corrected chi connectivity index (χ2v) is 7.54. The molecule has 0 bridgehead atoms. The summed E-state index contributed by atoms with van der Waals surface area (Å²) in [6.07, 6.45) is 0.410. The first-order chi connectivity index (χ1) is 16.8. The van der Waals surface area contributed by atoms with Crippen LogP contribution in [0.25, 0.3) is 0 Å². The number of benzene rings is 2. The second-order valence-electron chi connectivity index (χ2n) is 7.54. The van der Waals surface area contributed by atoms with Crippen LogP contribution in [0, 0.1) is 0 Å². The molecule has 2 aromatic rings. The normalized spacial score (nSPS) is 10.2. The van der Waals surface area contributed by atoms with E-state index in [0.717, 1.165) is 27.7 Å². The lowest BCUT2D eigenvalue weighted by Gasteiger charge is -2.15. The van der Waals surface area contributed by atoms with Crippen LogP contribution in [-0.4, -0.2) is 35.7 Å². The SMILES string of the molecule is CC(=O)Oc1cc(CCc2cc(OC(C)=O)c(C(N)=O)c(OC(C)=O)c2)cc(OC(C)=O)c1C(N)=O. The van der Waals surface area contributed by atoms with Crippen molar-refractivity contribution in [2.45, 2.75) is 40.5 Å². The molecule has 0 saturated heterocycles. The summed E-state index contributed by atoms with van der Waals surface area (Å²) in [7, 11) is 0. The third-order valence-corrected chi connectivity index (χ3v) is 4.46. The molecule has 0 atom stereocenters. The number of carbonyl (C=O) groups excluding carboxylic acids is 6. The van der Waals surface area contributed by atoms with Gasteiger partial charge in [0.05, 0.1) is 0 Å². The summed E-state index contributed by atoms with van der Waals surface area (Å²) in [5.74, 6) is -5.69. The molecule has 0 aliphatic rings.